The standard InChI is InChI=1S/C20H22BrN3O6S/c1-3-4-11-22-20(27)24-31(28,29)16-8-6-15(7-9-16)23-19(26)17-12-14(21)5-10-18(17)30-13(2)25/h5-10,12H,3-4,11H2,1-2H3,(H,23,26)(H2,22,24,27). The highest BCUT2D eigenvalue weighted by Crippen LogP contribution is 2.25. The maximum atomic E-state index is 12.6. The molecule has 0 aliphatic heterocycles. The van der Waals surface area contributed by atoms with Crippen LogP contribution in [0.3, 0.4) is 0 Å². The number of hydrogen-bond donors (Lipinski definition) is 3. The summed E-state index contributed by atoms with van der Waals surface area (Å²) in [5, 5.41) is 5.07. The fraction of sp³-hybridized carbons (Fsp3) is 0.250. The van der Waals surface area contributed by atoms with Crippen LogP contribution in [-0.2, 0) is 14.8 Å². The third-order valence-corrected chi connectivity index (χ3v) is 5.75. The predicted octanol–water partition coefficient (Wildman–Crippen LogP) is 3.41. The first kappa shape index (κ1) is 24.4. The second-order valence-corrected chi connectivity index (χ2v) is 9.03. The van der Waals surface area contributed by atoms with Crippen LogP contribution in [0.4, 0.5) is 10.5 Å². The zero-order valence-electron chi connectivity index (χ0n) is 16.9. The van der Waals surface area contributed by atoms with Crippen LogP contribution in [0.1, 0.15) is 37.0 Å². The molecule has 0 aliphatic rings. The Kier molecular flexibility index (Phi) is 8.57. The number of benzene rings is 2. The van der Waals surface area contributed by atoms with Crippen LogP contribution in [0.5, 0.6) is 5.75 Å². The first-order chi connectivity index (χ1) is 14.6. The zero-order valence-corrected chi connectivity index (χ0v) is 19.3. The quantitative estimate of drug-likeness (QED) is 0.282. The molecule has 11 heteroatoms. The van der Waals surface area contributed by atoms with E-state index in [0.29, 0.717) is 16.7 Å². The Balaban J connectivity index is 2.10. The Hall–Kier alpha value is -2.92. The third-order valence-electron chi connectivity index (χ3n) is 3.91. The maximum Gasteiger partial charge on any atom is 0.328 e. The minimum Gasteiger partial charge on any atom is -0.426 e. The number of nitrogens with one attached hydrogen (secondary N) is 3. The molecular weight excluding hydrogens is 490 g/mol. The minimum absolute atomic E-state index is 0.0886. The summed E-state index contributed by atoms with van der Waals surface area (Å²) >= 11 is 3.26. The predicted molar refractivity (Wildman–Crippen MR) is 118 cm³/mol. The van der Waals surface area contributed by atoms with Gasteiger partial charge in [0.25, 0.3) is 15.9 Å². The Labute approximate surface area is 188 Å². The molecule has 0 saturated carbocycles. The molecule has 0 aliphatic carbocycles. The second kappa shape index (κ2) is 10.9. The first-order valence-corrected chi connectivity index (χ1v) is 11.6. The summed E-state index contributed by atoms with van der Waals surface area (Å²) in [7, 11) is -4.06. The summed E-state index contributed by atoms with van der Waals surface area (Å²) in [6, 6.07) is 9.06. The normalized spacial score (nSPS) is 10.8. The molecule has 0 bridgehead atoms. The highest BCUT2D eigenvalue weighted by molar-refractivity contribution is 9.10. The van der Waals surface area contributed by atoms with Gasteiger partial charge in [-0.2, -0.15) is 0 Å². The SMILES string of the molecule is CCCCNC(=O)NS(=O)(=O)c1ccc(NC(=O)c2cc(Br)ccc2OC(C)=O)cc1. The van der Waals surface area contributed by atoms with Crippen molar-refractivity contribution < 1.29 is 27.5 Å². The van der Waals surface area contributed by atoms with Crippen molar-refractivity contribution in [2.45, 2.75) is 31.6 Å². The van der Waals surface area contributed by atoms with E-state index in [1.165, 1.54) is 43.3 Å². The third kappa shape index (κ3) is 7.37. The van der Waals surface area contributed by atoms with E-state index in [0.717, 1.165) is 12.8 Å². The average Bonchev–Trinajstić information content (AvgIpc) is 2.69. The first-order valence-electron chi connectivity index (χ1n) is 9.32. The van der Waals surface area contributed by atoms with Gasteiger partial charge in [0.05, 0.1) is 10.5 Å². The Morgan fingerprint density at radius 1 is 1.06 bits per heavy atom. The highest BCUT2D eigenvalue weighted by Gasteiger charge is 2.18. The molecule has 3 amide bonds. The van der Waals surface area contributed by atoms with Gasteiger partial charge in [-0.3, -0.25) is 9.59 Å². The summed E-state index contributed by atoms with van der Waals surface area (Å²) in [4.78, 5) is 35.4. The van der Waals surface area contributed by atoms with Crippen molar-refractivity contribution in [3.8, 4) is 5.75 Å². The van der Waals surface area contributed by atoms with Crippen molar-refractivity contribution >= 4 is 49.5 Å². The van der Waals surface area contributed by atoms with E-state index >= 15 is 0 Å². The van der Waals surface area contributed by atoms with Crippen molar-refractivity contribution in [1.29, 1.82) is 0 Å². The number of anilines is 1. The number of urea groups is 1. The molecule has 0 spiro atoms. The summed E-state index contributed by atoms with van der Waals surface area (Å²) in [6.07, 6.45) is 1.60. The van der Waals surface area contributed by atoms with Crippen LogP contribution >= 0.6 is 15.9 Å². The topological polar surface area (TPSA) is 131 Å². The smallest absolute Gasteiger partial charge is 0.328 e. The van der Waals surface area contributed by atoms with E-state index in [-0.39, 0.29) is 16.2 Å². The number of esters is 1. The van der Waals surface area contributed by atoms with E-state index in [4.69, 9.17) is 4.74 Å². The molecule has 0 heterocycles. The molecule has 2 aromatic rings. The van der Waals surface area contributed by atoms with Crippen LogP contribution in [0.25, 0.3) is 0 Å². The van der Waals surface area contributed by atoms with E-state index in [1.54, 1.807) is 6.07 Å². The van der Waals surface area contributed by atoms with Gasteiger partial charge in [0.1, 0.15) is 5.75 Å². The molecule has 2 aromatic carbocycles. The molecule has 0 radical (unpaired) electrons. The largest absolute Gasteiger partial charge is 0.426 e. The van der Waals surface area contributed by atoms with Gasteiger partial charge in [-0.25, -0.2) is 17.9 Å². The van der Waals surface area contributed by atoms with Gasteiger partial charge in [-0.05, 0) is 48.9 Å². The fourth-order valence-corrected chi connectivity index (χ4v) is 3.72. The summed E-state index contributed by atoms with van der Waals surface area (Å²) in [6.45, 7) is 3.54. The highest BCUT2D eigenvalue weighted by atomic mass is 79.9. The fourth-order valence-electron chi connectivity index (χ4n) is 2.44. The monoisotopic (exact) mass is 511 g/mol. The number of hydrogen-bond acceptors (Lipinski definition) is 6. The zero-order chi connectivity index (χ0) is 23.0. The van der Waals surface area contributed by atoms with E-state index in [9.17, 15) is 22.8 Å². The number of unbranched alkanes of at least 4 members (excludes halogenated alkanes) is 1. The van der Waals surface area contributed by atoms with Gasteiger partial charge >= 0.3 is 12.0 Å². The number of halogens is 1. The molecule has 0 saturated heterocycles. The lowest BCUT2D eigenvalue weighted by Crippen LogP contribution is -2.39. The van der Waals surface area contributed by atoms with Crippen molar-refractivity contribution in [3.63, 3.8) is 0 Å². The van der Waals surface area contributed by atoms with E-state index in [1.807, 2.05) is 11.6 Å². The molecular formula is C20H22BrN3O6S. The molecule has 31 heavy (non-hydrogen) atoms. The van der Waals surface area contributed by atoms with Gasteiger partial charge in [0.15, 0.2) is 0 Å². The lowest BCUT2D eigenvalue weighted by Gasteiger charge is -2.11. The average molecular weight is 512 g/mol. The number of rotatable bonds is 8. The van der Waals surface area contributed by atoms with Crippen LogP contribution in [0.15, 0.2) is 51.8 Å². The second-order valence-electron chi connectivity index (χ2n) is 6.43. The molecule has 0 unspecified atom stereocenters. The molecule has 0 aromatic heterocycles. The molecule has 0 fully saturated rings. The molecule has 0 atom stereocenters. The van der Waals surface area contributed by atoms with Gasteiger partial charge in [0, 0.05) is 23.6 Å². The van der Waals surface area contributed by atoms with Crippen molar-refractivity contribution in [3.05, 3.63) is 52.5 Å². The molecule has 2 rings (SSSR count). The van der Waals surface area contributed by atoms with E-state index in [2.05, 4.69) is 26.6 Å². The van der Waals surface area contributed by atoms with Gasteiger partial charge in [-0.1, -0.05) is 29.3 Å². The number of ether oxygens (including phenoxy) is 1. The number of sulfonamides is 1. The number of carbonyl (C=O) groups is 3. The minimum atomic E-state index is -4.06. The molecule has 166 valence electrons. The Bertz CT molecular complexity index is 1070. The number of amides is 3. The van der Waals surface area contributed by atoms with E-state index < -0.39 is 27.9 Å². The lowest BCUT2D eigenvalue weighted by molar-refractivity contribution is -0.131. The number of carbonyl (C=O) groups excluding carboxylic acids is 3. The summed E-state index contributed by atoms with van der Waals surface area (Å²) in [5.41, 5.74) is 0.428. The molecule has 3 N–H and O–H groups in total. The van der Waals surface area contributed by atoms with Gasteiger partial charge in [0.2, 0.25) is 0 Å². The van der Waals surface area contributed by atoms with Crippen LogP contribution in [0, 0.1) is 0 Å². The van der Waals surface area contributed by atoms with Crippen molar-refractivity contribution in [2.75, 3.05) is 11.9 Å². The molecule has 9 nitrogen and oxygen atoms in total. The van der Waals surface area contributed by atoms with Gasteiger partial charge < -0.3 is 15.4 Å². The van der Waals surface area contributed by atoms with Crippen LogP contribution in [-0.4, -0.2) is 32.9 Å². The lowest BCUT2D eigenvalue weighted by atomic mass is 10.2. The van der Waals surface area contributed by atoms with Crippen molar-refractivity contribution in [2.24, 2.45) is 0 Å². The van der Waals surface area contributed by atoms with Crippen LogP contribution in [0.2, 0.25) is 0 Å². The Morgan fingerprint density at radius 2 is 1.74 bits per heavy atom. The summed E-state index contributed by atoms with van der Waals surface area (Å²) in [5.74, 6) is -1.04. The maximum absolute atomic E-state index is 12.6. The van der Waals surface area contributed by atoms with Crippen molar-refractivity contribution in [1.82, 2.24) is 10.0 Å². The Morgan fingerprint density at radius 3 is 2.35 bits per heavy atom. The summed E-state index contributed by atoms with van der Waals surface area (Å²) < 4.78 is 32.2. The van der Waals surface area contributed by atoms with Gasteiger partial charge in [-0.15, -0.1) is 0 Å². The van der Waals surface area contributed by atoms with Crippen LogP contribution < -0.4 is 20.1 Å².